The molecule has 34 heavy (non-hydrogen) atoms. The van der Waals surface area contributed by atoms with E-state index in [-0.39, 0.29) is 0 Å². The molecule has 1 rings (SSSR count). The van der Waals surface area contributed by atoms with Crippen LogP contribution in [0.2, 0.25) is 0 Å². The molecule has 1 unspecified atom stereocenters. The van der Waals surface area contributed by atoms with Crippen molar-refractivity contribution in [1.82, 2.24) is 10.0 Å². The van der Waals surface area contributed by atoms with Gasteiger partial charge in [-0.1, -0.05) is 110 Å². The second kappa shape index (κ2) is 24.4. The van der Waals surface area contributed by atoms with Gasteiger partial charge in [0.1, 0.15) is 0 Å². The van der Waals surface area contributed by atoms with Gasteiger partial charge in [0.15, 0.2) is 0 Å². The first-order valence-electron chi connectivity index (χ1n) is 15.0. The number of hydrogen-bond acceptors (Lipinski definition) is 3. The SMILES string of the molecule is CCCCCCCCCCCCCCCCCCOCCC1CCCCN1N(C=O)CCCCl. The van der Waals surface area contributed by atoms with E-state index in [0.29, 0.717) is 11.9 Å². The van der Waals surface area contributed by atoms with Gasteiger partial charge in [0.2, 0.25) is 6.41 Å². The highest BCUT2D eigenvalue weighted by molar-refractivity contribution is 6.17. The fraction of sp³-hybridized carbons (Fsp3) is 0.966. The van der Waals surface area contributed by atoms with Crippen molar-refractivity contribution in [3.05, 3.63) is 0 Å². The van der Waals surface area contributed by atoms with Crippen molar-refractivity contribution in [2.45, 2.75) is 148 Å². The summed E-state index contributed by atoms with van der Waals surface area (Å²) in [5.41, 5.74) is 0. The van der Waals surface area contributed by atoms with E-state index >= 15 is 0 Å². The smallest absolute Gasteiger partial charge is 0.224 e. The maximum Gasteiger partial charge on any atom is 0.224 e. The Morgan fingerprint density at radius 2 is 1.35 bits per heavy atom. The Hall–Kier alpha value is -0.320. The lowest BCUT2D eigenvalue weighted by Crippen LogP contribution is -2.51. The zero-order chi connectivity index (χ0) is 24.5. The Labute approximate surface area is 217 Å². The van der Waals surface area contributed by atoms with Gasteiger partial charge in [-0.05, 0) is 32.1 Å². The monoisotopic (exact) mass is 500 g/mol. The third-order valence-corrected chi connectivity index (χ3v) is 7.57. The summed E-state index contributed by atoms with van der Waals surface area (Å²) >= 11 is 5.82. The van der Waals surface area contributed by atoms with Crippen LogP contribution in [0.3, 0.4) is 0 Å². The Kier molecular flexibility index (Phi) is 22.7. The molecule has 0 aromatic rings. The molecule has 0 aromatic heterocycles. The molecule has 1 aliphatic heterocycles. The van der Waals surface area contributed by atoms with Gasteiger partial charge in [0.25, 0.3) is 0 Å². The van der Waals surface area contributed by atoms with Crippen molar-refractivity contribution < 1.29 is 9.53 Å². The third kappa shape index (κ3) is 17.2. The van der Waals surface area contributed by atoms with Crippen molar-refractivity contribution in [2.75, 3.05) is 32.2 Å². The molecule has 0 aromatic carbocycles. The number of rotatable bonds is 25. The molecule has 1 fully saturated rings. The van der Waals surface area contributed by atoms with Gasteiger partial charge in [0, 0.05) is 38.2 Å². The van der Waals surface area contributed by atoms with Crippen molar-refractivity contribution in [2.24, 2.45) is 0 Å². The summed E-state index contributed by atoms with van der Waals surface area (Å²) in [5.74, 6) is 0.602. The number of nitrogens with zero attached hydrogens (tertiary/aromatic N) is 2. The molecule has 1 aliphatic rings. The molecule has 1 atom stereocenters. The second-order valence-electron chi connectivity index (χ2n) is 10.3. The summed E-state index contributed by atoms with van der Waals surface area (Å²) in [5, 5.41) is 4.11. The van der Waals surface area contributed by atoms with Gasteiger partial charge < -0.3 is 4.74 Å². The second-order valence-corrected chi connectivity index (χ2v) is 10.7. The molecule has 0 saturated carbocycles. The van der Waals surface area contributed by atoms with E-state index in [9.17, 15) is 4.79 Å². The van der Waals surface area contributed by atoms with Crippen molar-refractivity contribution in [3.8, 4) is 0 Å². The molecule has 5 heteroatoms. The topological polar surface area (TPSA) is 32.8 Å². The largest absolute Gasteiger partial charge is 0.381 e. The lowest BCUT2D eigenvalue weighted by molar-refractivity contribution is -0.143. The third-order valence-electron chi connectivity index (χ3n) is 7.31. The summed E-state index contributed by atoms with van der Waals surface area (Å²) in [6.07, 6.45) is 28.8. The number of ether oxygens (including phenoxy) is 1. The van der Waals surface area contributed by atoms with Crippen LogP contribution in [0, 0.1) is 0 Å². The molecule has 202 valence electrons. The number of hydrazine groups is 1. The van der Waals surface area contributed by atoms with Crippen LogP contribution < -0.4 is 0 Å². The Morgan fingerprint density at radius 3 is 1.88 bits per heavy atom. The van der Waals surface area contributed by atoms with Crippen LogP contribution in [0.15, 0.2) is 0 Å². The number of amides is 1. The van der Waals surface area contributed by atoms with E-state index in [1.54, 1.807) is 0 Å². The maximum atomic E-state index is 11.5. The van der Waals surface area contributed by atoms with E-state index in [0.717, 1.165) is 52.0 Å². The molecule has 0 spiro atoms. The van der Waals surface area contributed by atoms with Gasteiger partial charge >= 0.3 is 0 Å². The Morgan fingerprint density at radius 1 is 0.794 bits per heavy atom. The summed E-state index contributed by atoms with van der Waals surface area (Å²) in [7, 11) is 0. The molecule has 0 bridgehead atoms. The number of carbonyl (C=O) groups excluding carboxylic acids is 1. The van der Waals surface area contributed by atoms with Crippen molar-refractivity contribution >= 4 is 18.0 Å². The van der Waals surface area contributed by atoms with E-state index in [4.69, 9.17) is 16.3 Å². The quantitative estimate of drug-likeness (QED) is 0.0715. The number of unbranched alkanes of at least 4 members (excludes halogenated alkanes) is 15. The minimum absolute atomic E-state index is 0.431. The van der Waals surface area contributed by atoms with Crippen LogP contribution in [-0.2, 0) is 9.53 Å². The molecule has 1 saturated heterocycles. The Bertz CT molecular complexity index is 438. The van der Waals surface area contributed by atoms with Gasteiger partial charge in [-0.25, -0.2) is 5.01 Å². The highest BCUT2D eigenvalue weighted by Crippen LogP contribution is 2.21. The van der Waals surface area contributed by atoms with Crippen molar-refractivity contribution in [3.63, 3.8) is 0 Å². The van der Waals surface area contributed by atoms with Crippen LogP contribution in [0.25, 0.3) is 0 Å². The highest BCUT2D eigenvalue weighted by atomic mass is 35.5. The van der Waals surface area contributed by atoms with E-state index in [2.05, 4.69) is 11.9 Å². The molecular formula is C29H57ClN2O2. The van der Waals surface area contributed by atoms with Crippen molar-refractivity contribution in [1.29, 1.82) is 0 Å². The first kappa shape index (κ1) is 31.7. The normalized spacial score (nSPS) is 16.7. The average molecular weight is 501 g/mol. The standard InChI is InChI=1S/C29H57ClN2O2/c1-2-3-4-5-6-7-8-9-10-11-12-13-14-15-16-19-26-34-27-22-29-21-17-18-25-32(29)31(28-33)24-20-23-30/h28-29H,2-27H2,1H3. The number of piperidine rings is 1. The van der Waals surface area contributed by atoms with Crippen LogP contribution in [0.1, 0.15) is 142 Å². The molecule has 1 amide bonds. The predicted octanol–water partition coefficient (Wildman–Crippen LogP) is 8.51. The number of halogens is 1. The van der Waals surface area contributed by atoms with Gasteiger partial charge in [-0.15, -0.1) is 11.6 Å². The average Bonchev–Trinajstić information content (AvgIpc) is 2.86. The van der Waals surface area contributed by atoms with E-state index in [1.165, 1.54) is 116 Å². The number of alkyl halides is 1. The lowest BCUT2D eigenvalue weighted by Gasteiger charge is -2.41. The number of carbonyl (C=O) groups is 1. The minimum Gasteiger partial charge on any atom is -0.381 e. The zero-order valence-electron chi connectivity index (χ0n) is 22.6. The van der Waals surface area contributed by atoms with Crippen LogP contribution >= 0.6 is 11.6 Å². The fourth-order valence-corrected chi connectivity index (χ4v) is 5.27. The predicted molar refractivity (Wildman–Crippen MR) is 147 cm³/mol. The first-order chi connectivity index (χ1) is 16.8. The van der Waals surface area contributed by atoms with E-state index < -0.39 is 0 Å². The lowest BCUT2D eigenvalue weighted by atomic mass is 10.0. The number of hydrogen-bond donors (Lipinski definition) is 0. The molecule has 4 nitrogen and oxygen atoms in total. The minimum atomic E-state index is 0.431. The molecule has 0 aliphatic carbocycles. The van der Waals surface area contributed by atoms with Gasteiger partial charge in [-0.3, -0.25) is 9.80 Å². The molecule has 0 N–H and O–H groups in total. The van der Waals surface area contributed by atoms with Gasteiger partial charge in [0.05, 0.1) is 0 Å². The van der Waals surface area contributed by atoms with Crippen LogP contribution in [0.4, 0.5) is 0 Å². The highest BCUT2D eigenvalue weighted by Gasteiger charge is 2.26. The molecule has 1 heterocycles. The summed E-state index contributed by atoms with van der Waals surface area (Å²) in [6, 6.07) is 0.431. The molecule has 0 radical (unpaired) electrons. The summed E-state index contributed by atoms with van der Waals surface area (Å²) in [6.45, 7) is 5.68. The van der Waals surface area contributed by atoms with Gasteiger partial charge in [-0.2, -0.15) is 0 Å². The zero-order valence-corrected chi connectivity index (χ0v) is 23.4. The fourth-order valence-electron chi connectivity index (χ4n) is 5.15. The molecular weight excluding hydrogens is 444 g/mol. The first-order valence-corrected chi connectivity index (χ1v) is 15.5. The van der Waals surface area contributed by atoms with E-state index in [1.807, 2.05) is 5.01 Å². The Balaban J connectivity index is 1.88. The summed E-state index contributed by atoms with van der Waals surface area (Å²) < 4.78 is 5.94. The summed E-state index contributed by atoms with van der Waals surface area (Å²) in [4.78, 5) is 11.5. The maximum absolute atomic E-state index is 11.5. The van der Waals surface area contributed by atoms with Crippen LogP contribution in [-0.4, -0.2) is 54.7 Å². The van der Waals surface area contributed by atoms with Crippen LogP contribution in [0.5, 0.6) is 0 Å².